The number of carboxylic acids is 1. The summed E-state index contributed by atoms with van der Waals surface area (Å²) in [6.07, 6.45) is 1.81. The number of nitrogens with zero attached hydrogens (tertiary/aromatic N) is 1. The lowest BCUT2D eigenvalue weighted by molar-refractivity contribution is -0.149. The summed E-state index contributed by atoms with van der Waals surface area (Å²) in [6.45, 7) is 1.56. The fraction of sp³-hybridized carbons (Fsp3) is 0.565. The predicted octanol–water partition coefficient (Wildman–Crippen LogP) is -0.559. The topological polar surface area (TPSA) is 182 Å². The number of likely N-dealkylation sites (tertiary alicyclic amines) is 1. The van der Waals surface area contributed by atoms with Gasteiger partial charge in [-0.15, -0.1) is 0 Å². The molecule has 1 aromatic carbocycles. The Morgan fingerprint density at radius 1 is 1.17 bits per heavy atom. The van der Waals surface area contributed by atoms with Gasteiger partial charge >= 0.3 is 5.97 Å². The Morgan fingerprint density at radius 2 is 1.83 bits per heavy atom. The molecule has 0 radical (unpaired) electrons. The van der Waals surface area contributed by atoms with Crippen LogP contribution in [0.15, 0.2) is 24.3 Å². The number of hydrogen-bond donors (Lipinski definition) is 6. The predicted molar refractivity (Wildman–Crippen MR) is 131 cm³/mol. The van der Waals surface area contributed by atoms with Gasteiger partial charge < -0.3 is 36.6 Å². The van der Waals surface area contributed by atoms with Gasteiger partial charge in [0.15, 0.2) is 0 Å². The van der Waals surface area contributed by atoms with Crippen molar-refractivity contribution in [3.05, 3.63) is 29.8 Å². The Hall–Kier alpha value is -2.83. The number of nitrogens with one attached hydrogen (secondary N) is 2. The lowest BCUT2D eigenvalue weighted by atomic mass is 10.0. The Morgan fingerprint density at radius 3 is 2.40 bits per heavy atom. The van der Waals surface area contributed by atoms with Crippen molar-refractivity contribution in [1.29, 1.82) is 0 Å². The number of hydrogen-bond acceptors (Lipinski definition) is 8. The van der Waals surface area contributed by atoms with E-state index in [1.165, 1.54) is 35.7 Å². The highest BCUT2D eigenvalue weighted by molar-refractivity contribution is 7.98. The fourth-order valence-electron chi connectivity index (χ4n) is 3.86. The number of phenols is 1. The summed E-state index contributed by atoms with van der Waals surface area (Å²) in [7, 11) is 0. The lowest BCUT2D eigenvalue weighted by Gasteiger charge is -2.29. The molecular formula is C23H34N4O7S. The highest BCUT2D eigenvalue weighted by Crippen LogP contribution is 2.20. The van der Waals surface area contributed by atoms with Crippen molar-refractivity contribution in [2.24, 2.45) is 5.73 Å². The number of carbonyl (C=O) groups excluding carboxylic acids is 3. The van der Waals surface area contributed by atoms with E-state index in [0.717, 1.165) is 0 Å². The number of rotatable bonds is 12. The van der Waals surface area contributed by atoms with Gasteiger partial charge in [-0.25, -0.2) is 4.79 Å². The van der Waals surface area contributed by atoms with Crippen LogP contribution in [0.1, 0.15) is 31.7 Å². The number of carboxylic acid groups (broad SMARTS) is 1. The van der Waals surface area contributed by atoms with Gasteiger partial charge in [0.1, 0.15) is 23.9 Å². The second kappa shape index (κ2) is 13.3. The van der Waals surface area contributed by atoms with Crippen LogP contribution in [0, 0.1) is 0 Å². The third kappa shape index (κ3) is 8.11. The molecule has 0 saturated carbocycles. The molecule has 5 unspecified atom stereocenters. The van der Waals surface area contributed by atoms with Crippen molar-refractivity contribution in [3.63, 3.8) is 0 Å². The van der Waals surface area contributed by atoms with Gasteiger partial charge in [-0.1, -0.05) is 12.1 Å². The maximum Gasteiger partial charge on any atom is 0.326 e. The summed E-state index contributed by atoms with van der Waals surface area (Å²) in [4.78, 5) is 51.7. The molecule has 1 aliphatic heterocycles. The molecule has 2 rings (SSSR count). The highest BCUT2D eigenvalue weighted by Gasteiger charge is 2.39. The minimum atomic E-state index is -1.37. The second-order valence-corrected chi connectivity index (χ2v) is 9.56. The molecule has 1 heterocycles. The van der Waals surface area contributed by atoms with Crippen molar-refractivity contribution >= 4 is 35.5 Å². The van der Waals surface area contributed by atoms with E-state index < -0.39 is 54.0 Å². The van der Waals surface area contributed by atoms with Crippen LogP contribution in [0.3, 0.4) is 0 Å². The molecule has 3 amide bonds. The summed E-state index contributed by atoms with van der Waals surface area (Å²) in [6, 6.07) is 1.64. The molecule has 0 spiro atoms. The maximum absolute atomic E-state index is 13.3. The van der Waals surface area contributed by atoms with Gasteiger partial charge in [0, 0.05) is 13.0 Å². The molecular weight excluding hydrogens is 476 g/mol. The number of amides is 3. The first kappa shape index (κ1) is 28.4. The maximum atomic E-state index is 13.3. The minimum absolute atomic E-state index is 0.0153. The van der Waals surface area contributed by atoms with E-state index in [4.69, 9.17) is 5.73 Å². The molecule has 1 saturated heterocycles. The van der Waals surface area contributed by atoms with Crippen LogP contribution in [0.5, 0.6) is 5.75 Å². The molecule has 7 N–H and O–H groups in total. The van der Waals surface area contributed by atoms with E-state index >= 15 is 0 Å². The van der Waals surface area contributed by atoms with E-state index in [-0.39, 0.29) is 18.7 Å². The van der Waals surface area contributed by atoms with Gasteiger partial charge in [0.2, 0.25) is 17.7 Å². The summed E-state index contributed by atoms with van der Waals surface area (Å²) < 4.78 is 0. The van der Waals surface area contributed by atoms with Crippen molar-refractivity contribution < 1.29 is 34.5 Å². The minimum Gasteiger partial charge on any atom is -0.508 e. The van der Waals surface area contributed by atoms with E-state index in [9.17, 15) is 34.5 Å². The first-order valence-electron chi connectivity index (χ1n) is 11.4. The normalized spacial score (nSPS) is 18.9. The molecule has 12 heteroatoms. The Bertz CT molecular complexity index is 896. The number of aliphatic carboxylic acids is 1. The van der Waals surface area contributed by atoms with Crippen LogP contribution in [0.25, 0.3) is 0 Å². The van der Waals surface area contributed by atoms with Crippen LogP contribution in [-0.2, 0) is 25.6 Å². The van der Waals surface area contributed by atoms with Gasteiger partial charge in [0.05, 0.1) is 12.1 Å². The van der Waals surface area contributed by atoms with Crippen molar-refractivity contribution in [1.82, 2.24) is 15.5 Å². The Labute approximate surface area is 208 Å². The molecule has 1 aromatic rings. The van der Waals surface area contributed by atoms with Crippen LogP contribution >= 0.6 is 11.8 Å². The van der Waals surface area contributed by atoms with E-state index in [1.807, 2.05) is 6.26 Å². The fourth-order valence-corrected chi connectivity index (χ4v) is 4.35. The first-order valence-corrected chi connectivity index (χ1v) is 12.8. The Balaban J connectivity index is 2.23. The summed E-state index contributed by atoms with van der Waals surface area (Å²) in [5.74, 6) is -2.44. The van der Waals surface area contributed by atoms with E-state index in [1.54, 1.807) is 12.1 Å². The zero-order chi connectivity index (χ0) is 26.1. The second-order valence-electron chi connectivity index (χ2n) is 8.57. The number of carbonyl (C=O) groups is 4. The molecule has 0 aliphatic carbocycles. The molecule has 194 valence electrons. The van der Waals surface area contributed by atoms with Gasteiger partial charge in [0.25, 0.3) is 0 Å². The standard InChI is InChI=1S/C23H34N4O7S/c1-13(28)19(26-20(30)16(24)9-11-35-2)21(31)25-17(12-14-5-7-15(29)8-6-14)22(32)27-10-3-4-18(27)23(33)34/h5-8,13,16-19,28-29H,3-4,9-12,24H2,1-2H3,(H,25,31)(H,26,30)(H,33,34). The molecule has 0 aromatic heterocycles. The number of benzene rings is 1. The Kier molecular flexibility index (Phi) is 10.8. The third-order valence-corrected chi connectivity index (χ3v) is 6.49. The summed E-state index contributed by atoms with van der Waals surface area (Å²) >= 11 is 1.52. The SMILES string of the molecule is CSCCC(N)C(=O)NC(C(=O)NC(Cc1ccc(O)cc1)C(=O)N1CCCC1C(=O)O)C(C)O. The van der Waals surface area contributed by atoms with Gasteiger partial charge in [-0.3, -0.25) is 14.4 Å². The highest BCUT2D eigenvalue weighted by atomic mass is 32.2. The zero-order valence-corrected chi connectivity index (χ0v) is 20.7. The van der Waals surface area contributed by atoms with E-state index in [0.29, 0.717) is 30.6 Å². The molecule has 35 heavy (non-hydrogen) atoms. The molecule has 1 aliphatic rings. The number of aliphatic hydroxyl groups excluding tert-OH is 1. The summed E-state index contributed by atoms with van der Waals surface area (Å²) in [5, 5.41) is 34.2. The number of aromatic hydroxyl groups is 1. The number of aliphatic hydroxyl groups is 1. The number of thioether (sulfide) groups is 1. The van der Waals surface area contributed by atoms with Crippen molar-refractivity contribution in [2.75, 3.05) is 18.6 Å². The van der Waals surface area contributed by atoms with Crippen LogP contribution in [-0.4, -0.2) is 92.7 Å². The average molecular weight is 511 g/mol. The third-order valence-electron chi connectivity index (χ3n) is 5.84. The van der Waals surface area contributed by atoms with Crippen LogP contribution in [0.2, 0.25) is 0 Å². The van der Waals surface area contributed by atoms with Crippen molar-refractivity contribution in [2.45, 2.75) is 62.9 Å². The molecule has 11 nitrogen and oxygen atoms in total. The van der Waals surface area contributed by atoms with Gasteiger partial charge in [-0.05, 0) is 55.9 Å². The van der Waals surface area contributed by atoms with E-state index in [2.05, 4.69) is 10.6 Å². The number of phenolic OH excluding ortho intramolecular Hbond substituents is 1. The van der Waals surface area contributed by atoms with Crippen LogP contribution in [0.4, 0.5) is 0 Å². The first-order chi connectivity index (χ1) is 16.5. The molecule has 0 bridgehead atoms. The molecule has 1 fully saturated rings. The molecule has 5 atom stereocenters. The average Bonchev–Trinajstić information content (AvgIpc) is 3.31. The number of nitrogens with two attached hydrogens (primary N) is 1. The monoisotopic (exact) mass is 510 g/mol. The summed E-state index contributed by atoms with van der Waals surface area (Å²) in [5.41, 5.74) is 6.48. The zero-order valence-electron chi connectivity index (χ0n) is 19.8. The van der Waals surface area contributed by atoms with Crippen molar-refractivity contribution in [3.8, 4) is 5.75 Å². The van der Waals surface area contributed by atoms with Gasteiger partial charge in [-0.2, -0.15) is 11.8 Å². The van der Waals surface area contributed by atoms with Crippen LogP contribution < -0.4 is 16.4 Å². The quantitative estimate of drug-likeness (QED) is 0.215. The smallest absolute Gasteiger partial charge is 0.326 e. The largest absolute Gasteiger partial charge is 0.508 e. The lowest BCUT2D eigenvalue weighted by Crippen LogP contribution is -2.60.